The fraction of sp³-hybridized carbons (Fsp3) is 0.0769. The van der Waals surface area contributed by atoms with Gasteiger partial charge in [-0.25, -0.2) is 4.79 Å². The molecule has 3 aromatic carbocycles. The maximum Gasteiger partial charge on any atom is 0.343 e. The molecular formula is C26H19NO4. The fourth-order valence-corrected chi connectivity index (χ4v) is 3.14. The number of ether oxygens (including phenoxy) is 3. The van der Waals surface area contributed by atoms with Gasteiger partial charge in [-0.3, -0.25) is 0 Å². The van der Waals surface area contributed by atoms with Gasteiger partial charge in [-0.2, -0.15) is 5.26 Å². The molecule has 0 unspecified atom stereocenters. The zero-order chi connectivity index (χ0) is 21.6. The lowest BCUT2D eigenvalue weighted by atomic mass is 10.1. The predicted octanol–water partition coefficient (Wildman–Crippen LogP) is 5.13. The number of hydrogen-bond acceptors (Lipinski definition) is 5. The van der Waals surface area contributed by atoms with Gasteiger partial charge in [-0.15, -0.1) is 0 Å². The van der Waals surface area contributed by atoms with Crippen molar-refractivity contribution in [3.63, 3.8) is 0 Å². The summed E-state index contributed by atoms with van der Waals surface area (Å²) in [6, 6.07) is 24.2. The Balaban J connectivity index is 1.45. The van der Waals surface area contributed by atoms with Crippen LogP contribution < -0.4 is 9.47 Å². The van der Waals surface area contributed by atoms with Crippen LogP contribution >= 0.6 is 0 Å². The first-order valence-electron chi connectivity index (χ1n) is 9.67. The number of esters is 1. The molecule has 1 heterocycles. The molecule has 0 aliphatic carbocycles. The normalized spacial score (nSPS) is 14.0. The number of carbonyl (C=O) groups excluding carboxylic acids is 1. The standard InChI is InChI=1S/C26H19NO4/c1-29-23-12-8-19(9-13-23)25-15-22(26(28)31-25)14-18-6-10-24(11-7-18)30-17-21-5-3-2-4-20(21)16-27/h2-15H,17H2,1H3. The van der Waals surface area contributed by atoms with Gasteiger partial charge in [0, 0.05) is 11.1 Å². The highest BCUT2D eigenvalue weighted by Crippen LogP contribution is 2.29. The molecule has 0 bridgehead atoms. The van der Waals surface area contributed by atoms with Crippen molar-refractivity contribution in [2.45, 2.75) is 6.61 Å². The topological polar surface area (TPSA) is 68.5 Å². The van der Waals surface area contributed by atoms with E-state index >= 15 is 0 Å². The van der Waals surface area contributed by atoms with Gasteiger partial charge in [0.15, 0.2) is 0 Å². The van der Waals surface area contributed by atoms with Crippen molar-refractivity contribution >= 4 is 17.8 Å². The van der Waals surface area contributed by atoms with E-state index in [2.05, 4.69) is 6.07 Å². The third-order valence-corrected chi connectivity index (χ3v) is 4.83. The lowest BCUT2D eigenvalue weighted by Gasteiger charge is -2.07. The van der Waals surface area contributed by atoms with E-state index in [-0.39, 0.29) is 5.97 Å². The summed E-state index contributed by atoms with van der Waals surface area (Å²) in [6.07, 6.45) is 3.50. The van der Waals surface area contributed by atoms with Crippen LogP contribution in [0, 0.1) is 11.3 Å². The Morgan fingerprint density at radius 1 is 0.968 bits per heavy atom. The van der Waals surface area contributed by atoms with Crippen LogP contribution in [0.2, 0.25) is 0 Å². The van der Waals surface area contributed by atoms with Crippen LogP contribution in [0.15, 0.2) is 84.4 Å². The second-order valence-electron chi connectivity index (χ2n) is 6.85. The number of nitrogens with zero attached hydrogens (tertiary/aromatic N) is 1. The quantitative estimate of drug-likeness (QED) is 0.417. The van der Waals surface area contributed by atoms with Crippen molar-refractivity contribution in [3.8, 4) is 17.6 Å². The number of benzene rings is 3. The van der Waals surface area contributed by atoms with E-state index in [1.165, 1.54) is 0 Å². The highest BCUT2D eigenvalue weighted by molar-refractivity contribution is 6.05. The van der Waals surface area contributed by atoms with Gasteiger partial charge in [0.05, 0.1) is 24.3 Å². The van der Waals surface area contributed by atoms with Gasteiger partial charge in [0.1, 0.15) is 23.9 Å². The molecule has 0 spiro atoms. The highest BCUT2D eigenvalue weighted by atomic mass is 16.5. The van der Waals surface area contributed by atoms with Crippen molar-refractivity contribution in [1.82, 2.24) is 0 Å². The summed E-state index contributed by atoms with van der Waals surface area (Å²) in [5, 5.41) is 9.16. The summed E-state index contributed by atoms with van der Waals surface area (Å²) in [4.78, 5) is 12.3. The predicted molar refractivity (Wildman–Crippen MR) is 117 cm³/mol. The Morgan fingerprint density at radius 2 is 1.68 bits per heavy atom. The molecule has 4 rings (SSSR count). The molecule has 0 atom stereocenters. The average molecular weight is 409 g/mol. The third kappa shape index (κ3) is 4.65. The van der Waals surface area contributed by atoms with Gasteiger partial charge in [0.2, 0.25) is 0 Å². The van der Waals surface area contributed by atoms with E-state index in [0.717, 1.165) is 22.4 Å². The summed E-state index contributed by atoms with van der Waals surface area (Å²) in [5.74, 6) is 1.54. The molecule has 1 aliphatic heterocycles. The zero-order valence-corrected chi connectivity index (χ0v) is 16.9. The fourth-order valence-electron chi connectivity index (χ4n) is 3.14. The summed E-state index contributed by atoms with van der Waals surface area (Å²) in [7, 11) is 1.60. The van der Waals surface area contributed by atoms with Gasteiger partial charge in [-0.05, 0) is 60.2 Å². The molecule has 31 heavy (non-hydrogen) atoms. The largest absolute Gasteiger partial charge is 0.497 e. The van der Waals surface area contributed by atoms with Gasteiger partial charge >= 0.3 is 5.97 Å². The minimum atomic E-state index is -0.390. The molecule has 0 saturated carbocycles. The third-order valence-electron chi connectivity index (χ3n) is 4.83. The molecular weight excluding hydrogens is 390 g/mol. The van der Waals surface area contributed by atoms with E-state index in [1.807, 2.05) is 66.7 Å². The minimum absolute atomic E-state index is 0.310. The Labute approximate surface area is 180 Å². The van der Waals surface area contributed by atoms with E-state index in [9.17, 15) is 4.79 Å². The van der Waals surface area contributed by atoms with E-state index in [0.29, 0.717) is 29.3 Å². The van der Waals surface area contributed by atoms with Gasteiger partial charge in [-0.1, -0.05) is 30.3 Å². The van der Waals surface area contributed by atoms with Crippen LogP contribution in [0.1, 0.15) is 22.3 Å². The van der Waals surface area contributed by atoms with E-state index in [1.54, 1.807) is 25.3 Å². The van der Waals surface area contributed by atoms with Crippen molar-refractivity contribution in [2.24, 2.45) is 0 Å². The van der Waals surface area contributed by atoms with Gasteiger partial charge < -0.3 is 14.2 Å². The molecule has 3 aromatic rings. The molecule has 0 radical (unpaired) electrons. The van der Waals surface area contributed by atoms with Crippen LogP contribution in [-0.2, 0) is 16.1 Å². The number of rotatable bonds is 6. The Bertz CT molecular complexity index is 1200. The lowest BCUT2D eigenvalue weighted by Crippen LogP contribution is -1.98. The number of nitriles is 1. The van der Waals surface area contributed by atoms with Crippen LogP contribution in [-0.4, -0.2) is 13.1 Å². The Hall–Kier alpha value is -4.30. The van der Waals surface area contributed by atoms with Crippen LogP contribution in [0.5, 0.6) is 11.5 Å². The lowest BCUT2D eigenvalue weighted by molar-refractivity contribution is -0.130. The maximum atomic E-state index is 12.3. The summed E-state index contributed by atoms with van der Waals surface area (Å²) in [6.45, 7) is 0.310. The number of cyclic esters (lactones) is 1. The average Bonchev–Trinajstić information content (AvgIpc) is 3.19. The first-order chi connectivity index (χ1) is 15.2. The maximum absolute atomic E-state index is 12.3. The molecule has 152 valence electrons. The Morgan fingerprint density at radius 3 is 2.39 bits per heavy atom. The molecule has 5 heteroatoms. The van der Waals surface area contributed by atoms with Crippen LogP contribution in [0.25, 0.3) is 11.8 Å². The molecule has 0 amide bonds. The second kappa shape index (κ2) is 9.02. The molecule has 0 aromatic heterocycles. The molecule has 0 fully saturated rings. The van der Waals surface area contributed by atoms with E-state index < -0.39 is 0 Å². The number of carbonyl (C=O) groups is 1. The Kier molecular flexibility index (Phi) is 5.82. The van der Waals surface area contributed by atoms with Crippen LogP contribution in [0.4, 0.5) is 0 Å². The highest BCUT2D eigenvalue weighted by Gasteiger charge is 2.22. The minimum Gasteiger partial charge on any atom is -0.497 e. The number of hydrogen-bond donors (Lipinski definition) is 0. The monoisotopic (exact) mass is 409 g/mol. The number of methoxy groups -OCH3 is 1. The summed E-state index contributed by atoms with van der Waals surface area (Å²) >= 11 is 0. The van der Waals surface area contributed by atoms with Crippen molar-refractivity contribution < 1.29 is 19.0 Å². The SMILES string of the molecule is COc1ccc(C2=CC(=Cc3ccc(OCc4ccccc4C#N)cc3)C(=O)O2)cc1. The zero-order valence-electron chi connectivity index (χ0n) is 16.9. The smallest absolute Gasteiger partial charge is 0.343 e. The molecule has 0 saturated heterocycles. The summed E-state index contributed by atoms with van der Waals surface area (Å²) in [5.41, 5.74) is 3.56. The second-order valence-corrected chi connectivity index (χ2v) is 6.85. The molecule has 0 N–H and O–H groups in total. The first-order valence-corrected chi connectivity index (χ1v) is 9.67. The van der Waals surface area contributed by atoms with Crippen LogP contribution in [0.3, 0.4) is 0 Å². The van der Waals surface area contributed by atoms with Gasteiger partial charge in [0.25, 0.3) is 0 Å². The van der Waals surface area contributed by atoms with Crippen molar-refractivity contribution in [1.29, 1.82) is 5.26 Å². The molecule has 5 nitrogen and oxygen atoms in total. The van der Waals surface area contributed by atoms with Crippen molar-refractivity contribution in [3.05, 3.63) is 107 Å². The summed E-state index contributed by atoms with van der Waals surface area (Å²) < 4.78 is 16.3. The first kappa shape index (κ1) is 20.0. The van der Waals surface area contributed by atoms with E-state index in [4.69, 9.17) is 19.5 Å². The van der Waals surface area contributed by atoms with Crippen molar-refractivity contribution in [2.75, 3.05) is 7.11 Å². The molecule has 1 aliphatic rings.